The van der Waals surface area contributed by atoms with Gasteiger partial charge in [0.1, 0.15) is 5.82 Å². The largest absolute Gasteiger partial charge is 0.331 e. The van der Waals surface area contributed by atoms with Crippen LogP contribution in [0.2, 0.25) is 5.02 Å². The summed E-state index contributed by atoms with van der Waals surface area (Å²) in [5.74, 6) is 1.52. The van der Waals surface area contributed by atoms with Crippen molar-refractivity contribution in [2.24, 2.45) is 0 Å². The van der Waals surface area contributed by atoms with Gasteiger partial charge in [-0.3, -0.25) is 0 Å². The van der Waals surface area contributed by atoms with E-state index in [-0.39, 0.29) is 0 Å². The standard InChI is InChI=1S/C14H17ClN2/c1-10(2)12-4-5-13(14(15)8-12)9-17-7-6-16-11(17)3/h4-8,10H,9H2,1-3H3. The molecule has 1 heterocycles. The number of nitrogens with zero attached hydrogens (tertiary/aromatic N) is 2. The number of hydrogen-bond acceptors (Lipinski definition) is 1. The minimum atomic E-state index is 0.511. The fourth-order valence-corrected chi connectivity index (χ4v) is 2.05. The number of hydrogen-bond donors (Lipinski definition) is 0. The number of halogens is 1. The van der Waals surface area contributed by atoms with Crippen LogP contribution in [0.3, 0.4) is 0 Å². The molecule has 2 nitrogen and oxygen atoms in total. The van der Waals surface area contributed by atoms with E-state index in [0.29, 0.717) is 5.92 Å². The predicted octanol–water partition coefficient (Wildman–Crippen LogP) is 4.02. The maximum absolute atomic E-state index is 6.31. The van der Waals surface area contributed by atoms with E-state index in [2.05, 4.69) is 41.6 Å². The Balaban J connectivity index is 2.26. The summed E-state index contributed by atoms with van der Waals surface area (Å²) in [5, 5.41) is 0.837. The van der Waals surface area contributed by atoms with Crippen molar-refractivity contribution in [2.45, 2.75) is 33.2 Å². The molecule has 0 radical (unpaired) electrons. The van der Waals surface area contributed by atoms with Crippen LogP contribution < -0.4 is 0 Å². The van der Waals surface area contributed by atoms with Gasteiger partial charge in [-0.05, 0) is 30.0 Å². The average Bonchev–Trinajstić information content (AvgIpc) is 2.67. The van der Waals surface area contributed by atoms with Crippen LogP contribution in [0, 0.1) is 6.92 Å². The molecule has 3 heteroatoms. The molecule has 0 fully saturated rings. The molecule has 0 aliphatic heterocycles. The maximum Gasteiger partial charge on any atom is 0.105 e. The Morgan fingerprint density at radius 3 is 2.65 bits per heavy atom. The first kappa shape index (κ1) is 12.2. The van der Waals surface area contributed by atoms with Crippen LogP contribution in [-0.2, 0) is 6.54 Å². The summed E-state index contributed by atoms with van der Waals surface area (Å²) in [7, 11) is 0. The van der Waals surface area contributed by atoms with E-state index in [1.165, 1.54) is 5.56 Å². The van der Waals surface area contributed by atoms with Crippen molar-refractivity contribution in [1.82, 2.24) is 9.55 Å². The van der Waals surface area contributed by atoms with E-state index in [9.17, 15) is 0 Å². The Morgan fingerprint density at radius 1 is 1.35 bits per heavy atom. The van der Waals surface area contributed by atoms with Gasteiger partial charge in [-0.2, -0.15) is 0 Å². The highest BCUT2D eigenvalue weighted by Gasteiger charge is 2.06. The highest BCUT2D eigenvalue weighted by Crippen LogP contribution is 2.23. The normalized spacial score (nSPS) is 11.1. The van der Waals surface area contributed by atoms with Crippen molar-refractivity contribution in [2.75, 3.05) is 0 Å². The Hall–Kier alpha value is -1.28. The zero-order valence-corrected chi connectivity index (χ0v) is 11.2. The van der Waals surface area contributed by atoms with E-state index >= 15 is 0 Å². The first-order valence-corrected chi connectivity index (χ1v) is 6.22. The molecule has 0 atom stereocenters. The second-order valence-corrected chi connectivity index (χ2v) is 5.02. The van der Waals surface area contributed by atoms with Gasteiger partial charge in [-0.1, -0.05) is 37.6 Å². The van der Waals surface area contributed by atoms with Crippen LogP contribution >= 0.6 is 11.6 Å². The lowest BCUT2D eigenvalue weighted by molar-refractivity contribution is 0.760. The zero-order valence-electron chi connectivity index (χ0n) is 10.4. The lowest BCUT2D eigenvalue weighted by Gasteiger charge is -2.11. The van der Waals surface area contributed by atoms with Gasteiger partial charge in [-0.25, -0.2) is 4.98 Å². The predicted molar refractivity (Wildman–Crippen MR) is 71.6 cm³/mol. The van der Waals surface area contributed by atoms with Gasteiger partial charge < -0.3 is 4.57 Å². The molecule has 2 aromatic rings. The molecule has 1 aromatic carbocycles. The minimum absolute atomic E-state index is 0.511. The molecule has 2 rings (SSSR count). The Kier molecular flexibility index (Phi) is 3.53. The lowest BCUT2D eigenvalue weighted by atomic mass is 10.0. The first-order chi connectivity index (χ1) is 8.08. The topological polar surface area (TPSA) is 17.8 Å². The highest BCUT2D eigenvalue weighted by molar-refractivity contribution is 6.31. The fourth-order valence-electron chi connectivity index (χ4n) is 1.81. The molecule has 0 spiro atoms. The molecule has 0 aliphatic rings. The molecule has 0 N–H and O–H groups in total. The van der Waals surface area contributed by atoms with Crippen LogP contribution in [0.5, 0.6) is 0 Å². The number of aromatic nitrogens is 2. The Morgan fingerprint density at radius 2 is 2.12 bits per heavy atom. The van der Waals surface area contributed by atoms with Crippen LogP contribution in [0.25, 0.3) is 0 Å². The first-order valence-electron chi connectivity index (χ1n) is 5.84. The summed E-state index contributed by atoms with van der Waals surface area (Å²) in [6.07, 6.45) is 3.79. The van der Waals surface area contributed by atoms with Gasteiger partial charge in [0.2, 0.25) is 0 Å². The van der Waals surface area contributed by atoms with Gasteiger partial charge in [-0.15, -0.1) is 0 Å². The highest BCUT2D eigenvalue weighted by atomic mass is 35.5. The van der Waals surface area contributed by atoms with Crippen molar-refractivity contribution in [1.29, 1.82) is 0 Å². The average molecular weight is 249 g/mol. The van der Waals surface area contributed by atoms with Crippen LogP contribution in [0.15, 0.2) is 30.6 Å². The van der Waals surface area contributed by atoms with Gasteiger partial charge >= 0.3 is 0 Å². The Labute approximate surface area is 107 Å². The van der Waals surface area contributed by atoms with Crippen molar-refractivity contribution < 1.29 is 0 Å². The maximum atomic E-state index is 6.31. The third kappa shape index (κ3) is 2.70. The molecule has 90 valence electrons. The summed E-state index contributed by atoms with van der Waals surface area (Å²) in [6.45, 7) is 7.12. The number of imidazole rings is 1. The van der Waals surface area contributed by atoms with Crippen molar-refractivity contribution in [3.05, 3.63) is 52.6 Å². The third-order valence-electron chi connectivity index (χ3n) is 3.01. The van der Waals surface area contributed by atoms with E-state index in [0.717, 1.165) is 23.0 Å². The second kappa shape index (κ2) is 4.92. The quantitative estimate of drug-likeness (QED) is 0.802. The second-order valence-electron chi connectivity index (χ2n) is 4.61. The molecule has 1 aromatic heterocycles. The number of benzene rings is 1. The van der Waals surface area contributed by atoms with Crippen LogP contribution in [-0.4, -0.2) is 9.55 Å². The lowest BCUT2D eigenvalue weighted by Crippen LogP contribution is -2.02. The molecule has 0 bridgehead atoms. The summed E-state index contributed by atoms with van der Waals surface area (Å²) in [4.78, 5) is 4.21. The van der Waals surface area contributed by atoms with E-state index < -0.39 is 0 Å². The molecular weight excluding hydrogens is 232 g/mol. The minimum Gasteiger partial charge on any atom is -0.331 e. The summed E-state index contributed by atoms with van der Waals surface area (Å²) in [6, 6.07) is 6.32. The van der Waals surface area contributed by atoms with E-state index in [1.54, 1.807) is 0 Å². The SMILES string of the molecule is Cc1nccn1Cc1ccc(C(C)C)cc1Cl. The molecule has 0 aliphatic carbocycles. The van der Waals surface area contributed by atoms with Crippen molar-refractivity contribution in [3.63, 3.8) is 0 Å². The van der Waals surface area contributed by atoms with Gasteiger partial charge in [0, 0.05) is 17.4 Å². The van der Waals surface area contributed by atoms with Gasteiger partial charge in [0.15, 0.2) is 0 Å². The molecule has 0 saturated carbocycles. The molecular formula is C14H17ClN2. The molecule has 0 saturated heterocycles. The Bertz CT molecular complexity index is 515. The summed E-state index contributed by atoms with van der Waals surface area (Å²) >= 11 is 6.31. The smallest absolute Gasteiger partial charge is 0.105 e. The molecule has 0 unspecified atom stereocenters. The van der Waals surface area contributed by atoms with E-state index in [4.69, 9.17) is 11.6 Å². The molecule has 0 amide bonds. The van der Waals surface area contributed by atoms with Crippen LogP contribution in [0.4, 0.5) is 0 Å². The van der Waals surface area contributed by atoms with Gasteiger partial charge in [0.25, 0.3) is 0 Å². The van der Waals surface area contributed by atoms with Crippen molar-refractivity contribution in [3.8, 4) is 0 Å². The van der Waals surface area contributed by atoms with Crippen LogP contribution in [0.1, 0.15) is 36.7 Å². The summed E-state index contributed by atoms with van der Waals surface area (Å²) < 4.78 is 2.09. The fraction of sp³-hybridized carbons (Fsp3) is 0.357. The number of aryl methyl sites for hydroxylation is 1. The third-order valence-corrected chi connectivity index (χ3v) is 3.36. The zero-order chi connectivity index (χ0) is 12.4. The molecule has 17 heavy (non-hydrogen) atoms. The monoisotopic (exact) mass is 248 g/mol. The number of rotatable bonds is 3. The van der Waals surface area contributed by atoms with Crippen molar-refractivity contribution >= 4 is 11.6 Å². The van der Waals surface area contributed by atoms with E-state index in [1.807, 2.05) is 19.3 Å². The summed E-state index contributed by atoms with van der Waals surface area (Å²) in [5.41, 5.74) is 2.42. The van der Waals surface area contributed by atoms with Gasteiger partial charge in [0.05, 0.1) is 6.54 Å².